The van der Waals surface area contributed by atoms with E-state index >= 15 is 0 Å². The minimum absolute atomic E-state index is 0.0587. The topological polar surface area (TPSA) is 61.9 Å². The van der Waals surface area contributed by atoms with Gasteiger partial charge in [-0.2, -0.15) is 13.2 Å². The molecule has 1 saturated carbocycles. The number of sulfonamides is 1. The van der Waals surface area contributed by atoms with Crippen LogP contribution in [0.15, 0.2) is 53.4 Å². The third kappa shape index (κ3) is 7.61. The van der Waals surface area contributed by atoms with Gasteiger partial charge in [-0.25, -0.2) is 13.1 Å². The molecule has 204 valence electrons. The predicted molar refractivity (Wildman–Crippen MR) is 139 cm³/mol. The molecule has 1 heterocycles. The largest absolute Gasteiger partial charge is 0.489 e. The summed E-state index contributed by atoms with van der Waals surface area (Å²) in [5, 5.41) is 0. The number of hydrogen-bond acceptors (Lipinski definition) is 5. The summed E-state index contributed by atoms with van der Waals surface area (Å²) in [5.74, 6) is 0.905. The van der Waals surface area contributed by atoms with Crippen LogP contribution in [0.25, 0.3) is 0 Å². The van der Waals surface area contributed by atoms with Crippen LogP contribution in [0.2, 0.25) is 0 Å². The fourth-order valence-corrected chi connectivity index (χ4v) is 6.68. The maximum Gasteiger partial charge on any atom is 0.393 e. The highest BCUT2D eigenvalue weighted by Crippen LogP contribution is 2.31. The van der Waals surface area contributed by atoms with E-state index in [9.17, 15) is 21.6 Å². The summed E-state index contributed by atoms with van der Waals surface area (Å²) in [6, 6.07) is 13.4. The lowest BCUT2D eigenvalue weighted by atomic mass is 9.90. The second-order valence-electron chi connectivity index (χ2n) is 10.2. The number of halogens is 3. The Balaban J connectivity index is 1.28. The van der Waals surface area contributed by atoms with E-state index in [1.165, 1.54) is 18.2 Å². The number of anilines is 1. The molecule has 2 aromatic rings. The highest BCUT2D eigenvalue weighted by Gasteiger charge is 2.32. The van der Waals surface area contributed by atoms with Gasteiger partial charge in [-0.15, -0.1) is 0 Å². The number of alkyl halides is 3. The van der Waals surface area contributed by atoms with E-state index in [1.807, 2.05) is 32.0 Å². The van der Waals surface area contributed by atoms with Gasteiger partial charge in [0.25, 0.3) is 0 Å². The number of nitrogens with zero attached hydrogens (tertiary/aromatic N) is 2. The number of ether oxygens (including phenoxy) is 1. The van der Waals surface area contributed by atoms with E-state index in [0.29, 0.717) is 18.9 Å². The number of para-hydroxylation sites is 2. The van der Waals surface area contributed by atoms with Gasteiger partial charge in [0.1, 0.15) is 5.75 Å². The lowest BCUT2D eigenvalue weighted by Crippen LogP contribution is -2.52. The molecule has 0 bridgehead atoms. The van der Waals surface area contributed by atoms with Gasteiger partial charge >= 0.3 is 6.18 Å². The van der Waals surface area contributed by atoms with Crippen LogP contribution in [0.5, 0.6) is 5.75 Å². The van der Waals surface area contributed by atoms with E-state index in [0.717, 1.165) is 56.5 Å². The molecule has 0 amide bonds. The van der Waals surface area contributed by atoms with Crippen molar-refractivity contribution in [3.8, 4) is 5.75 Å². The van der Waals surface area contributed by atoms with Crippen molar-refractivity contribution in [1.29, 1.82) is 0 Å². The molecule has 4 rings (SSSR count). The lowest BCUT2D eigenvalue weighted by molar-refractivity contribution is -0.127. The van der Waals surface area contributed by atoms with Crippen molar-refractivity contribution in [3.63, 3.8) is 0 Å². The molecule has 0 spiro atoms. The first-order valence-corrected chi connectivity index (χ1v) is 14.4. The van der Waals surface area contributed by atoms with Crippen LogP contribution < -0.4 is 14.4 Å². The zero-order valence-electron chi connectivity index (χ0n) is 21.4. The molecule has 0 aromatic heterocycles. The molecule has 0 atom stereocenters. The molecule has 1 aliphatic carbocycles. The number of benzene rings is 2. The first kappa shape index (κ1) is 27.7. The average molecular weight is 540 g/mol. The summed E-state index contributed by atoms with van der Waals surface area (Å²) in [5.41, 5.74) is 1.06. The van der Waals surface area contributed by atoms with Crippen molar-refractivity contribution >= 4 is 15.7 Å². The van der Waals surface area contributed by atoms with E-state index in [4.69, 9.17) is 4.74 Å². The molecule has 1 N–H and O–H groups in total. The lowest BCUT2D eigenvalue weighted by Gasteiger charge is -2.43. The van der Waals surface area contributed by atoms with Gasteiger partial charge in [0.2, 0.25) is 10.0 Å². The fourth-order valence-electron chi connectivity index (χ4n) is 5.30. The first-order valence-electron chi connectivity index (χ1n) is 12.9. The molecular weight excluding hydrogens is 503 g/mol. The Hall–Kier alpha value is -2.30. The third-order valence-corrected chi connectivity index (χ3v) is 8.55. The minimum atomic E-state index is -4.38. The van der Waals surface area contributed by atoms with Gasteiger partial charge in [0, 0.05) is 38.3 Å². The Morgan fingerprint density at radius 2 is 1.65 bits per heavy atom. The summed E-state index contributed by atoms with van der Waals surface area (Å²) >= 11 is 0. The molecule has 0 radical (unpaired) electrons. The van der Waals surface area contributed by atoms with E-state index < -0.39 is 22.6 Å². The zero-order chi connectivity index (χ0) is 26.6. The molecule has 10 heteroatoms. The molecule has 2 aliphatic rings. The maximum atomic E-state index is 12.8. The van der Waals surface area contributed by atoms with Gasteiger partial charge in [-0.05, 0) is 69.4 Å². The van der Waals surface area contributed by atoms with Crippen molar-refractivity contribution in [2.75, 3.05) is 31.1 Å². The third-order valence-electron chi connectivity index (χ3n) is 7.03. The van der Waals surface area contributed by atoms with Gasteiger partial charge in [0.05, 0.1) is 23.1 Å². The van der Waals surface area contributed by atoms with Crippen molar-refractivity contribution in [1.82, 2.24) is 9.62 Å². The van der Waals surface area contributed by atoms with Gasteiger partial charge in [-0.1, -0.05) is 24.3 Å². The summed E-state index contributed by atoms with van der Waals surface area (Å²) in [6.45, 7) is 7.72. The zero-order valence-corrected chi connectivity index (χ0v) is 22.2. The number of rotatable bonds is 8. The van der Waals surface area contributed by atoms with Crippen molar-refractivity contribution in [3.05, 3.63) is 54.1 Å². The SMILES string of the molecule is CC(C)Oc1ccccc1N1CCN(C2CCC(NS(=O)(=O)c3cccc(CC(F)(F)F)c3)CC2)CC1. The second-order valence-corrected chi connectivity index (χ2v) is 11.9. The van der Waals surface area contributed by atoms with Crippen LogP contribution in [0.3, 0.4) is 0 Å². The number of piperazine rings is 1. The van der Waals surface area contributed by atoms with Crippen LogP contribution in [0, 0.1) is 0 Å². The number of hydrogen-bond donors (Lipinski definition) is 1. The number of nitrogens with one attached hydrogen (secondary N) is 1. The highest BCUT2D eigenvalue weighted by molar-refractivity contribution is 7.89. The predicted octanol–water partition coefficient (Wildman–Crippen LogP) is 4.99. The van der Waals surface area contributed by atoms with E-state index in [-0.39, 0.29) is 22.6 Å². The Labute approximate surface area is 217 Å². The van der Waals surface area contributed by atoms with Gasteiger partial charge in [0.15, 0.2) is 0 Å². The summed E-state index contributed by atoms with van der Waals surface area (Å²) in [7, 11) is -3.88. The Morgan fingerprint density at radius 3 is 2.30 bits per heavy atom. The molecule has 2 aromatic carbocycles. The van der Waals surface area contributed by atoms with Crippen LogP contribution in [-0.4, -0.2) is 63.9 Å². The van der Waals surface area contributed by atoms with Crippen LogP contribution >= 0.6 is 0 Å². The van der Waals surface area contributed by atoms with Gasteiger partial charge in [-0.3, -0.25) is 4.90 Å². The molecule has 1 aliphatic heterocycles. The van der Waals surface area contributed by atoms with E-state index in [2.05, 4.69) is 20.6 Å². The molecular formula is C27H36F3N3O3S. The highest BCUT2D eigenvalue weighted by atomic mass is 32.2. The van der Waals surface area contributed by atoms with Crippen LogP contribution in [0.1, 0.15) is 45.1 Å². The maximum absolute atomic E-state index is 12.8. The standard InChI is InChI=1S/C27H36F3N3O3S/c1-20(2)36-26-9-4-3-8-25(26)33-16-14-32(15-17-33)23-12-10-22(11-13-23)31-37(34,35)24-7-5-6-21(18-24)19-27(28,29)30/h3-9,18,20,22-23,31H,10-17,19H2,1-2H3. The molecule has 2 fully saturated rings. The summed E-state index contributed by atoms with van der Waals surface area (Å²) < 4.78 is 72.6. The van der Waals surface area contributed by atoms with Gasteiger partial charge < -0.3 is 9.64 Å². The van der Waals surface area contributed by atoms with Crippen LogP contribution in [0.4, 0.5) is 18.9 Å². The second kappa shape index (κ2) is 11.6. The quantitative estimate of drug-likeness (QED) is 0.512. The molecule has 0 unspecified atom stereocenters. The van der Waals surface area contributed by atoms with E-state index in [1.54, 1.807) is 0 Å². The van der Waals surface area contributed by atoms with Crippen molar-refractivity contribution < 1.29 is 26.3 Å². The van der Waals surface area contributed by atoms with Crippen LogP contribution in [-0.2, 0) is 16.4 Å². The Bertz CT molecular complexity index is 1140. The average Bonchev–Trinajstić information content (AvgIpc) is 2.84. The molecule has 37 heavy (non-hydrogen) atoms. The normalized spacial score (nSPS) is 21.8. The minimum Gasteiger partial charge on any atom is -0.489 e. The Morgan fingerprint density at radius 1 is 0.973 bits per heavy atom. The fraction of sp³-hybridized carbons (Fsp3) is 0.556. The summed E-state index contributed by atoms with van der Waals surface area (Å²) in [6.07, 6.45) is -2.24. The molecule has 6 nitrogen and oxygen atoms in total. The van der Waals surface area contributed by atoms with Crippen molar-refractivity contribution in [2.24, 2.45) is 0 Å². The summed E-state index contributed by atoms with van der Waals surface area (Å²) in [4.78, 5) is 4.74. The smallest absolute Gasteiger partial charge is 0.393 e. The first-order chi connectivity index (χ1) is 17.5. The van der Waals surface area contributed by atoms with Crippen molar-refractivity contribution in [2.45, 2.75) is 75.2 Å². The molecule has 1 saturated heterocycles. The monoisotopic (exact) mass is 539 g/mol. The Kier molecular flexibility index (Phi) is 8.70.